The van der Waals surface area contributed by atoms with Crippen LogP contribution < -0.4 is 10.6 Å². The predicted octanol–water partition coefficient (Wildman–Crippen LogP) is 4.53. The Morgan fingerprint density at radius 1 is 1.12 bits per heavy atom. The molecule has 0 aliphatic carbocycles. The number of halogens is 2. The number of hydrogen-bond acceptors (Lipinski definition) is 2. The van der Waals surface area contributed by atoms with Gasteiger partial charge in [-0.2, -0.15) is 5.10 Å². The molecule has 0 spiro atoms. The Morgan fingerprint density at radius 3 is 2.62 bits per heavy atom. The summed E-state index contributed by atoms with van der Waals surface area (Å²) in [5, 5.41) is 11.4. The fourth-order valence-electron chi connectivity index (χ4n) is 2.15. The topological polar surface area (TPSA) is 41.9 Å². The molecule has 0 fully saturated rings. The van der Waals surface area contributed by atoms with Crippen LogP contribution in [0.1, 0.15) is 5.56 Å². The van der Waals surface area contributed by atoms with E-state index in [4.69, 9.17) is 23.8 Å². The van der Waals surface area contributed by atoms with Crippen LogP contribution in [-0.4, -0.2) is 14.9 Å². The summed E-state index contributed by atoms with van der Waals surface area (Å²) in [5.41, 5.74) is 2.53. The molecular formula is C17H14ClFN4S. The lowest BCUT2D eigenvalue weighted by Crippen LogP contribution is -2.18. The van der Waals surface area contributed by atoms with Crippen LogP contribution in [0, 0.1) is 5.82 Å². The summed E-state index contributed by atoms with van der Waals surface area (Å²) in [6, 6.07) is 13.6. The molecule has 2 aromatic carbocycles. The van der Waals surface area contributed by atoms with E-state index in [1.54, 1.807) is 35.1 Å². The molecule has 2 N–H and O–H groups in total. The van der Waals surface area contributed by atoms with Crippen molar-refractivity contribution in [1.29, 1.82) is 0 Å². The van der Waals surface area contributed by atoms with Crippen LogP contribution in [0.25, 0.3) is 0 Å². The number of thiocarbonyl (C=S) groups is 1. The summed E-state index contributed by atoms with van der Waals surface area (Å²) >= 11 is 11.2. The zero-order valence-corrected chi connectivity index (χ0v) is 14.1. The number of anilines is 2. The molecule has 7 heteroatoms. The quantitative estimate of drug-likeness (QED) is 0.671. The fraction of sp³-hybridized carbons (Fsp3) is 0.0588. The van der Waals surface area contributed by atoms with Crippen molar-refractivity contribution in [2.75, 3.05) is 10.6 Å². The van der Waals surface area contributed by atoms with E-state index in [-0.39, 0.29) is 5.82 Å². The van der Waals surface area contributed by atoms with Crippen LogP contribution in [0.3, 0.4) is 0 Å². The van der Waals surface area contributed by atoms with E-state index in [1.807, 2.05) is 18.3 Å². The van der Waals surface area contributed by atoms with Crippen molar-refractivity contribution in [2.24, 2.45) is 0 Å². The van der Waals surface area contributed by atoms with Crippen molar-refractivity contribution in [3.63, 3.8) is 0 Å². The molecule has 0 saturated carbocycles. The zero-order chi connectivity index (χ0) is 16.9. The molecule has 0 radical (unpaired) electrons. The molecule has 24 heavy (non-hydrogen) atoms. The number of aromatic nitrogens is 2. The average Bonchev–Trinajstić information content (AvgIpc) is 2.96. The summed E-state index contributed by atoms with van der Waals surface area (Å²) in [7, 11) is 0. The van der Waals surface area contributed by atoms with Gasteiger partial charge in [0.2, 0.25) is 0 Å². The maximum Gasteiger partial charge on any atom is 0.175 e. The lowest BCUT2D eigenvalue weighted by atomic mass is 10.2. The van der Waals surface area contributed by atoms with E-state index in [0.717, 1.165) is 16.9 Å². The van der Waals surface area contributed by atoms with Crippen molar-refractivity contribution < 1.29 is 4.39 Å². The van der Waals surface area contributed by atoms with Crippen molar-refractivity contribution in [1.82, 2.24) is 9.78 Å². The first-order chi connectivity index (χ1) is 11.6. The molecule has 1 heterocycles. The van der Waals surface area contributed by atoms with Gasteiger partial charge in [-0.1, -0.05) is 29.8 Å². The normalized spacial score (nSPS) is 10.4. The van der Waals surface area contributed by atoms with Gasteiger partial charge in [0, 0.05) is 16.9 Å². The first-order valence-corrected chi connectivity index (χ1v) is 7.97. The summed E-state index contributed by atoms with van der Waals surface area (Å²) in [6.07, 6.45) is 3.50. The van der Waals surface area contributed by atoms with Gasteiger partial charge >= 0.3 is 0 Å². The number of rotatable bonds is 4. The molecule has 0 amide bonds. The Balaban J connectivity index is 1.59. The Kier molecular flexibility index (Phi) is 5.08. The summed E-state index contributed by atoms with van der Waals surface area (Å²) in [6.45, 7) is 0.552. The lowest BCUT2D eigenvalue weighted by molar-refractivity contribution is 0.624. The minimum Gasteiger partial charge on any atom is -0.332 e. The van der Waals surface area contributed by atoms with Crippen molar-refractivity contribution in [3.05, 3.63) is 77.3 Å². The highest BCUT2D eigenvalue weighted by Gasteiger charge is 2.03. The maximum atomic E-state index is 12.9. The number of benzene rings is 2. The highest BCUT2D eigenvalue weighted by atomic mass is 35.5. The summed E-state index contributed by atoms with van der Waals surface area (Å²) in [5.74, 6) is -0.251. The van der Waals surface area contributed by atoms with Crippen LogP contribution in [0.2, 0.25) is 5.02 Å². The van der Waals surface area contributed by atoms with E-state index in [9.17, 15) is 4.39 Å². The second-order valence-electron chi connectivity index (χ2n) is 5.14. The van der Waals surface area contributed by atoms with Crippen molar-refractivity contribution >= 4 is 40.3 Å². The molecule has 122 valence electrons. The predicted molar refractivity (Wildman–Crippen MR) is 99.0 cm³/mol. The Bertz CT molecular complexity index is 848. The first kappa shape index (κ1) is 16.4. The van der Waals surface area contributed by atoms with E-state index >= 15 is 0 Å². The zero-order valence-electron chi connectivity index (χ0n) is 12.5. The van der Waals surface area contributed by atoms with Crippen molar-refractivity contribution in [3.8, 4) is 0 Å². The molecule has 0 atom stereocenters. The third-order valence-corrected chi connectivity index (χ3v) is 3.67. The minimum absolute atomic E-state index is 0.251. The van der Waals surface area contributed by atoms with Gasteiger partial charge in [-0.15, -0.1) is 0 Å². The molecule has 3 rings (SSSR count). The Labute approximate surface area is 149 Å². The van der Waals surface area contributed by atoms with Crippen LogP contribution >= 0.6 is 23.8 Å². The van der Waals surface area contributed by atoms with Crippen LogP contribution in [0.4, 0.5) is 15.8 Å². The minimum atomic E-state index is -0.251. The largest absolute Gasteiger partial charge is 0.332 e. The Hall–Kier alpha value is -2.44. The van der Waals surface area contributed by atoms with E-state index in [2.05, 4.69) is 15.7 Å². The first-order valence-electron chi connectivity index (χ1n) is 7.19. The molecule has 3 aromatic rings. The third-order valence-electron chi connectivity index (χ3n) is 3.23. The summed E-state index contributed by atoms with van der Waals surface area (Å²) < 4.78 is 14.7. The highest BCUT2D eigenvalue weighted by molar-refractivity contribution is 7.80. The van der Waals surface area contributed by atoms with Gasteiger partial charge in [0.1, 0.15) is 5.82 Å². The summed E-state index contributed by atoms with van der Waals surface area (Å²) in [4.78, 5) is 0. The lowest BCUT2D eigenvalue weighted by Gasteiger charge is -2.09. The molecule has 0 aliphatic heterocycles. The Morgan fingerprint density at radius 2 is 1.88 bits per heavy atom. The van der Waals surface area contributed by atoms with Gasteiger partial charge < -0.3 is 10.6 Å². The average molecular weight is 361 g/mol. The van der Waals surface area contributed by atoms with Crippen LogP contribution in [0.15, 0.2) is 60.9 Å². The molecule has 0 unspecified atom stereocenters. The second kappa shape index (κ2) is 7.42. The van der Waals surface area contributed by atoms with E-state index in [1.165, 1.54) is 12.1 Å². The number of nitrogens with zero attached hydrogens (tertiary/aromatic N) is 2. The molecule has 0 bridgehead atoms. The molecule has 0 aliphatic rings. The van der Waals surface area contributed by atoms with Gasteiger partial charge in [-0.05, 0) is 48.1 Å². The van der Waals surface area contributed by atoms with Gasteiger partial charge in [0.15, 0.2) is 5.11 Å². The third kappa shape index (κ3) is 4.53. The van der Waals surface area contributed by atoms with Crippen LogP contribution in [-0.2, 0) is 6.54 Å². The smallest absolute Gasteiger partial charge is 0.175 e. The number of hydrogen-bond donors (Lipinski definition) is 2. The van der Waals surface area contributed by atoms with Crippen molar-refractivity contribution in [2.45, 2.75) is 6.54 Å². The highest BCUT2D eigenvalue weighted by Crippen LogP contribution is 2.15. The number of nitrogens with one attached hydrogen (secondary N) is 2. The molecular weight excluding hydrogens is 347 g/mol. The van der Waals surface area contributed by atoms with Crippen LogP contribution in [0.5, 0.6) is 0 Å². The van der Waals surface area contributed by atoms with Gasteiger partial charge in [-0.3, -0.25) is 4.68 Å². The second-order valence-corrected chi connectivity index (χ2v) is 5.99. The van der Waals surface area contributed by atoms with Gasteiger partial charge in [0.25, 0.3) is 0 Å². The van der Waals surface area contributed by atoms with Gasteiger partial charge in [0.05, 0.1) is 18.4 Å². The van der Waals surface area contributed by atoms with Gasteiger partial charge in [-0.25, -0.2) is 4.39 Å². The molecule has 1 aromatic heterocycles. The standard InChI is InChI=1S/C17H14ClFN4S/c18-13-2-1-3-15(8-13)21-17(24)22-16-9-20-23(11-16)10-12-4-6-14(19)7-5-12/h1-9,11H,10H2,(H2,21,22,24). The van der Waals surface area contributed by atoms with E-state index < -0.39 is 0 Å². The fourth-order valence-corrected chi connectivity index (χ4v) is 2.58. The molecule has 0 saturated heterocycles. The molecule has 4 nitrogen and oxygen atoms in total. The van der Waals surface area contributed by atoms with E-state index in [0.29, 0.717) is 16.7 Å². The maximum absolute atomic E-state index is 12.9. The SMILES string of the molecule is Fc1ccc(Cn2cc(NC(=S)Nc3cccc(Cl)c3)cn2)cc1. The monoisotopic (exact) mass is 360 g/mol.